The molecule has 0 bridgehead atoms. The number of nitrogens with two attached hydrogens (primary N) is 1. The molecule has 0 radical (unpaired) electrons. The molecule has 1 atom stereocenters. The Hall–Kier alpha value is -3.24. The van der Waals surface area contributed by atoms with E-state index in [4.69, 9.17) is 19.9 Å². The van der Waals surface area contributed by atoms with Crippen LogP contribution in [0.3, 0.4) is 0 Å². The second-order valence-electron chi connectivity index (χ2n) is 6.34. The maximum absolute atomic E-state index is 13.0. The summed E-state index contributed by atoms with van der Waals surface area (Å²) in [5.41, 5.74) is 4.45. The Morgan fingerprint density at radius 3 is 2.76 bits per heavy atom. The van der Waals surface area contributed by atoms with Crippen molar-refractivity contribution in [3.63, 3.8) is 0 Å². The van der Waals surface area contributed by atoms with Crippen molar-refractivity contribution in [2.75, 3.05) is 26.1 Å². The molecular weight excluding hydrogens is 378 g/mol. The topological polar surface area (TPSA) is 134 Å². The number of nitrogen functional groups attached to an aromatic ring is 1. The first-order valence-corrected chi connectivity index (χ1v) is 9.09. The van der Waals surface area contributed by atoms with E-state index in [-0.39, 0.29) is 36.9 Å². The summed E-state index contributed by atoms with van der Waals surface area (Å²) < 4.78 is 18.1. The first-order chi connectivity index (χ1) is 14.0. The number of benzene rings is 1. The van der Waals surface area contributed by atoms with Crippen LogP contribution in [0.15, 0.2) is 41.5 Å². The van der Waals surface area contributed by atoms with Crippen molar-refractivity contribution < 1.29 is 19.0 Å². The second-order valence-corrected chi connectivity index (χ2v) is 6.34. The number of esters is 1. The van der Waals surface area contributed by atoms with Crippen LogP contribution in [0.25, 0.3) is 11.2 Å². The van der Waals surface area contributed by atoms with E-state index in [1.54, 1.807) is 0 Å². The van der Waals surface area contributed by atoms with Crippen molar-refractivity contribution in [2.45, 2.75) is 25.7 Å². The van der Waals surface area contributed by atoms with Crippen molar-refractivity contribution >= 4 is 23.1 Å². The van der Waals surface area contributed by atoms with E-state index >= 15 is 0 Å². The Kier molecular flexibility index (Phi) is 6.25. The lowest BCUT2D eigenvalue weighted by atomic mass is 10.2. The van der Waals surface area contributed by atoms with Crippen molar-refractivity contribution in [2.24, 2.45) is 0 Å². The van der Waals surface area contributed by atoms with Crippen molar-refractivity contribution in [3.05, 3.63) is 52.6 Å². The highest BCUT2D eigenvalue weighted by molar-refractivity contribution is 5.81. The van der Waals surface area contributed by atoms with E-state index in [2.05, 4.69) is 15.0 Å². The average Bonchev–Trinajstić information content (AvgIpc) is 3.15. The number of rotatable bonds is 9. The Balaban J connectivity index is 2.00. The monoisotopic (exact) mass is 401 g/mol. The minimum absolute atomic E-state index is 0.0203. The lowest BCUT2D eigenvalue weighted by molar-refractivity contribution is -0.195. The van der Waals surface area contributed by atoms with E-state index < -0.39 is 17.3 Å². The van der Waals surface area contributed by atoms with Crippen LogP contribution in [0.2, 0.25) is 0 Å². The summed E-state index contributed by atoms with van der Waals surface area (Å²) in [6.45, 7) is 2.13. The van der Waals surface area contributed by atoms with Gasteiger partial charge in [-0.3, -0.25) is 14.3 Å². The second kappa shape index (κ2) is 8.84. The van der Waals surface area contributed by atoms with E-state index in [1.165, 1.54) is 18.0 Å². The smallest absolute Gasteiger partial charge is 0.362 e. The lowest BCUT2D eigenvalue weighted by Crippen LogP contribution is -2.49. The van der Waals surface area contributed by atoms with Crippen LogP contribution >= 0.6 is 0 Å². The minimum atomic E-state index is -1.73. The molecule has 10 nitrogen and oxygen atoms in total. The standard InChI is InChI=1S/C19H23N5O5/c1-3-9-29-17(26)19(27-2,11-28-10-13-7-5-4-6-8-13)24-12-21-14-15(24)22-18(20)23-16(14)25/h4-8,12H,3,9-11H2,1-2H3,(H3,20,22,23,25). The first-order valence-electron chi connectivity index (χ1n) is 9.09. The third kappa shape index (κ3) is 4.13. The van der Waals surface area contributed by atoms with Gasteiger partial charge in [-0.05, 0) is 12.0 Å². The molecule has 1 aromatic carbocycles. The lowest BCUT2D eigenvalue weighted by Gasteiger charge is -2.31. The van der Waals surface area contributed by atoms with E-state index in [1.807, 2.05) is 37.3 Å². The molecule has 2 heterocycles. The highest BCUT2D eigenvalue weighted by atomic mass is 16.6. The van der Waals surface area contributed by atoms with Gasteiger partial charge in [0.1, 0.15) is 12.9 Å². The van der Waals surface area contributed by atoms with Crippen LogP contribution in [0, 0.1) is 0 Å². The maximum atomic E-state index is 13.0. The molecule has 0 saturated heterocycles. The number of aromatic nitrogens is 4. The van der Waals surface area contributed by atoms with Crippen LogP contribution in [-0.2, 0) is 31.3 Å². The van der Waals surface area contributed by atoms with Gasteiger partial charge in [0.25, 0.3) is 11.3 Å². The van der Waals surface area contributed by atoms with Gasteiger partial charge >= 0.3 is 5.97 Å². The quantitative estimate of drug-likeness (QED) is 0.510. The van der Waals surface area contributed by atoms with Crippen LogP contribution in [0.4, 0.5) is 5.95 Å². The van der Waals surface area contributed by atoms with Crippen molar-refractivity contribution in [1.82, 2.24) is 19.5 Å². The predicted octanol–water partition coefficient (Wildman–Crippen LogP) is 1.17. The summed E-state index contributed by atoms with van der Waals surface area (Å²) in [5, 5.41) is 0. The Morgan fingerprint density at radius 2 is 2.07 bits per heavy atom. The minimum Gasteiger partial charge on any atom is -0.462 e. The summed E-state index contributed by atoms with van der Waals surface area (Å²) in [6, 6.07) is 9.48. The number of H-pyrrole nitrogens is 1. The third-order valence-electron chi connectivity index (χ3n) is 4.32. The summed E-state index contributed by atoms with van der Waals surface area (Å²) in [5.74, 6) is -0.795. The molecule has 0 spiro atoms. The number of nitrogens with one attached hydrogen (secondary N) is 1. The zero-order chi connectivity index (χ0) is 20.9. The van der Waals surface area contributed by atoms with Gasteiger partial charge in [-0.1, -0.05) is 37.3 Å². The third-order valence-corrected chi connectivity index (χ3v) is 4.32. The molecule has 0 aliphatic carbocycles. The van der Waals surface area contributed by atoms with Gasteiger partial charge in [-0.15, -0.1) is 0 Å². The summed E-state index contributed by atoms with van der Waals surface area (Å²) >= 11 is 0. The fourth-order valence-corrected chi connectivity index (χ4v) is 2.85. The number of hydrogen-bond donors (Lipinski definition) is 2. The number of imidazole rings is 1. The fraction of sp³-hybridized carbons (Fsp3) is 0.368. The van der Waals surface area contributed by atoms with Gasteiger partial charge in [-0.2, -0.15) is 4.98 Å². The molecule has 1 unspecified atom stereocenters. The molecule has 0 aliphatic heterocycles. The summed E-state index contributed by atoms with van der Waals surface area (Å²) in [4.78, 5) is 35.7. The molecule has 10 heteroatoms. The highest BCUT2D eigenvalue weighted by Gasteiger charge is 2.45. The average molecular weight is 401 g/mol. The van der Waals surface area contributed by atoms with E-state index in [0.29, 0.717) is 6.42 Å². The largest absolute Gasteiger partial charge is 0.462 e. The van der Waals surface area contributed by atoms with Gasteiger partial charge in [-0.25, -0.2) is 9.78 Å². The zero-order valence-corrected chi connectivity index (χ0v) is 16.3. The SMILES string of the molecule is CCCOC(=O)C(COCc1ccccc1)(OC)n1cnc2c(=O)[nH]c(N)nc21. The van der Waals surface area contributed by atoms with Crippen molar-refractivity contribution in [3.8, 4) is 0 Å². The molecule has 0 fully saturated rings. The summed E-state index contributed by atoms with van der Waals surface area (Å²) in [7, 11) is 1.35. The van der Waals surface area contributed by atoms with Crippen LogP contribution < -0.4 is 11.3 Å². The number of carbonyl (C=O) groups is 1. The van der Waals surface area contributed by atoms with Gasteiger partial charge in [0.15, 0.2) is 11.2 Å². The Bertz CT molecular complexity index is 1030. The molecule has 0 saturated carbocycles. The molecule has 3 aromatic rings. The van der Waals surface area contributed by atoms with Crippen LogP contribution in [0.1, 0.15) is 18.9 Å². The Morgan fingerprint density at radius 1 is 1.31 bits per heavy atom. The predicted molar refractivity (Wildman–Crippen MR) is 105 cm³/mol. The number of methoxy groups -OCH3 is 1. The fourth-order valence-electron chi connectivity index (χ4n) is 2.85. The van der Waals surface area contributed by atoms with Gasteiger partial charge in [0, 0.05) is 7.11 Å². The van der Waals surface area contributed by atoms with Crippen LogP contribution in [-0.4, -0.2) is 45.8 Å². The number of anilines is 1. The molecule has 0 aliphatic rings. The molecule has 0 amide bonds. The normalized spacial score (nSPS) is 13.3. The molecular formula is C19H23N5O5. The summed E-state index contributed by atoms with van der Waals surface area (Å²) in [6.07, 6.45) is 1.92. The van der Waals surface area contributed by atoms with Gasteiger partial charge < -0.3 is 19.9 Å². The first kappa shape index (κ1) is 20.5. The van der Waals surface area contributed by atoms with E-state index in [9.17, 15) is 9.59 Å². The van der Waals surface area contributed by atoms with Crippen LogP contribution in [0.5, 0.6) is 0 Å². The number of carbonyl (C=O) groups excluding carboxylic acids is 1. The maximum Gasteiger partial charge on any atom is 0.362 e. The molecule has 3 rings (SSSR count). The number of fused-ring (bicyclic) bond motifs is 1. The number of hydrogen-bond acceptors (Lipinski definition) is 8. The van der Waals surface area contributed by atoms with Gasteiger partial charge in [0.2, 0.25) is 5.95 Å². The van der Waals surface area contributed by atoms with Gasteiger partial charge in [0.05, 0.1) is 13.2 Å². The zero-order valence-electron chi connectivity index (χ0n) is 16.3. The molecule has 29 heavy (non-hydrogen) atoms. The van der Waals surface area contributed by atoms with E-state index in [0.717, 1.165) is 5.56 Å². The number of ether oxygens (including phenoxy) is 3. The van der Waals surface area contributed by atoms with Crippen molar-refractivity contribution in [1.29, 1.82) is 0 Å². The Labute approximate surface area is 166 Å². The highest BCUT2D eigenvalue weighted by Crippen LogP contribution is 2.25. The molecule has 2 aromatic heterocycles. The molecule has 3 N–H and O–H groups in total. The number of nitrogens with zero attached hydrogens (tertiary/aromatic N) is 3. The number of aromatic amines is 1. The molecule has 154 valence electrons.